The summed E-state index contributed by atoms with van der Waals surface area (Å²) in [5.74, 6) is 0.621. The van der Waals surface area contributed by atoms with Crippen LogP contribution in [0.3, 0.4) is 0 Å². The SMILES string of the molecule is Cc1ccc(C)c(-n2ccnc2SCC(=O)N2CCCC2c2cccs2)c1. The van der Waals surface area contributed by atoms with Gasteiger partial charge in [-0.2, -0.15) is 0 Å². The van der Waals surface area contributed by atoms with Gasteiger partial charge in [0.15, 0.2) is 5.16 Å². The van der Waals surface area contributed by atoms with Crippen molar-refractivity contribution < 1.29 is 4.79 Å². The van der Waals surface area contributed by atoms with Crippen molar-refractivity contribution in [3.8, 4) is 5.69 Å². The lowest BCUT2D eigenvalue weighted by Gasteiger charge is -2.23. The van der Waals surface area contributed by atoms with Crippen LogP contribution in [0.25, 0.3) is 5.69 Å². The normalized spacial score (nSPS) is 16.8. The van der Waals surface area contributed by atoms with Crippen molar-refractivity contribution in [3.05, 3.63) is 64.1 Å². The summed E-state index contributed by atoms with van der Waals surface area (Å²) in [7, 11) is 0. The van der Waals surface area contributed by atoms with Gasteiger partial charge in [0, 0.05) is 23.8 Å². The Morgan fingerprint density at radius 1 is 1.33 bits per heavy atom. The van der Waals surface area contributed by atoms with Gasteiger partial charge in [-0.3, -0.25) is 9.36 Å². The minimum atomic E-state index is 0.200. The first-order valence-electron chi connectivity index (χ1n) is 9.20. The van der Waals surface area contributed by atoms with Crippen LogP contribution < -0.4 is 0 Å². The molecule has 4 rings (SSSR count). The maximum Gasteiger partial charge on any atom is 0.233 e. The highest BCUT2D eigenvalue weighted by Gasteiger charge is 2.30. The molecule has 1 aliphatic heterocycles. The van der Waals surface area contributed by atoms with Crippen LogP contribution in [0.5, 0.6) is 0 Å². The van der Waals surface area contributed by atoms with E-state index in [1.165, 1.54) is 27.8 Å². The average molecular weight is 398 g/mol. The molecule has 1 amide bonds. The van der Waals surface area contributed by atoms with Gasteiger partial charge in [-0.15, -0.1) is 11.3 Å². The van der Waals surface area contributed by atoms with E-state index in [-0.39, 0.29) is 11.9 Å². The number of imidazole rings is 1. The summed E-state index contributed by atoms with van der Waals surface area (Å²) in [6.07, 6.45) is 5.92. The van der Waals surface area contributed by atoms with E-state index in [9.17, 15) is 4.79 Å². The van der Waals surface area contributed by atoms with Gasteiger partial charge in [-0.1, -0.05) is 30.0 Å². The van der Waals surface area contributed by atoms with Crippen LogP contribution in [0.15, 0.2) is 53.3 Å². The smallest absolute Gasteiger partial charge is 0.233 e. The molecule has 1 saturated heterocycles. The summed E-state index contributed by atoms with van der Waals surface area (Å²) in [6, 6.07) is 10.9. The number of nitrogens with zero attached hydrogens (tertiary/aromatic N) is 3. The predicted octanol–water partition coefficient (Wildman–Crippen LogP) is 5.01. The van der Waals surface area contributed by atoms with E-state index in [0.29, 0.717) is 5.75 Å². The first kappa shape index (κ1) is 18.3. The molecule has 3 aromatic rings. The standard InChI is InChI=1S/C21H23N3OS2/c1-15-7-8-16(2)18(13-15)24-11-9-22-21(24)27-14-20(25)23-10-3-5-17(23)19-6-4-12-26-19/h4,6-9,11-13,17H,3,5,10,14H2,1-2H3. The molecule has 140 valence electrons. The fourth-order valence-electron chi connectivity index (χ4n) is 3.61. The van der Waals surface area contributed by atoms with Crippen molar-refractivity contribution >= 4 is 29.0 Å². The molecule has 6 heteroatoms. The number of carbonyl (C=O) groups excluding carboxylic acids is 1. The maximum atomic E-state index is 12.9. The monoisotopic (exact) mass is 397 g/mol. The van der Waals surface area contributed by atoms with Gasteiger partial charge < -0.3 is 4.90 Å². The van der Waals surface area contributed by atoms with E-state index in [4.69, 9.17) is 0 Å². The Morgan fingerprint density at radius 3 is 3.04 bits per heavy atom. The van der Waals surface area contributed by atoms with E-state index < -0.39 is 0 Å². The molecule has 3 heterocycles. The van der Waals surface area contributed by atoms with E-state index in [1.807, 2.05) is 11.1 Å². The average Bonchev–Trinajstić information content (AvgIpc) is 3.41. The van der Waals surface area contributed by atoms with Crippen LogP contribution in [0.4, 0.5) is 0 Å². The summed E-state index contributed by atoms with van der Waals surface area (Å²) in [5.41, 5.74) is 3.54. The summed E-state index contributed by atoms with van der Waals surface area (Å²) in [6.45, 7) is 5.05. The highest BCUT2D eigenvalue weighted by atomic mass is 32.2. The molecule has 1 atom stereocenters. The lowest BCUT2D eigenvalue weighted by atomic mass is 10.1. The van der Waals surface area contributed by atoms with E-state index >= 15 is 0 Å². The second-order valence-corrected chi connectivity index (χ2v) is 8.84. The largest absolute Gasteiger partial charge is 0.334 e. The molecule has 0 spiro atoms. The number of benzene rings is 1. The van der Waals surface area contributed by atoms with Gasteiger partial charge in [-0.25, -0.2) is 4.98 Å². The topological polar surface area (TPSA) is 38.1 Å². The van der Waals surface area contributed by atoms with Crippen LogP contribution in [0.1, 0.15) is 34.9 Å². The number of aryl methyl sites for hydroxylation is 2. The van der Waals surface area contributed by atoms with Crippen LogP contribution in [-0.2, 0) is 4.79 Å². The number of likely N-dealkylation sites (tertiary alicyclic amines) is 1. The number of aromatic nitrogens is 2. The van der Waals surface area contributed by atoms with Gasteiger partial charge in [0.1, 0.15) is 0 Å². The van der Waals surface area contributed by atoms with Gasteiger partial charge >= 0.3 is 0 Å². The van der Waals surface area contributed by atoms with Gasteiger partial charge in [0.25, 0.3) is 0 Å². The molecule has 0 N–H and O–H groups in total. The predicted molar refractivity (Wildman–Crippen MR) is 112 cm³/mol. The molecule has 0 radical (unpaired) electrons. The lowest BCUT2D eigenvalue weighted by molar-refractivity contribution is -0.129. The molecular weight excluding hydrogens is 374 g/mol. The Kier molecular flexibility index (Phi) is 5.36. The summed E-state index contributed by atoms with van der Waals surface area (Å²) in [5, 5.41) is 2.95. The van der Waals surface area contributed by atoms with Gasteiger partial charge in [0.2, 0.25) is 5.91 Å². The lowest BCUT2D eigenvalue weighted by Crippen LogP contribution is -2.31. The summed E-state index contributed by atoms with van der Waals surface area (Å²) < 4.78 is 2.08. The zero-order valence-corrected chi connectivity index (χ0v) is 17.2. The molecule has 4 nitrogen and oxygen atoms in total. The van der Waals surface area contributed by atoms with Crippen molar-refractivity contribution in [3.63, 3.8) is 0 Å². The second kappa shape index (κ2) is 7.90. The molecule has 1 aliphatic rings. The molecule has 1 fully saturated rings. The third-order valence-electron chi connectivity index (χ3n) is 5.00. The number of rotatable bonds is 5. The molecule has 1 aromatic carbocycles. The molecule has 0 bridgehead atoms. The van der Waals surface area contributed by atoms with Crippen LogP contribution >= 0.6 is 23.1 Å². The third kappa shape index (κ3) is 3.82. The van der Waals surface area contributed by atoms with E-state index in [0.717, 1.165) is 30.2 Å². The molecule has 27 heavy (non-hydrogen) atoms. The molecule has 0 aliphatic carbocycles. The minimum Gasteiger partial charge on any atom is -0.334 e. The first-order chi connectivity index (χ1) is 13.1. The Morgan fingerprint density at radius 2 is 2.22 bits per heavy atom. The second-order valence-electron chi connectivity index (χ2n) is 6.92. The summed E-state index contributed by atoms with van der Waals surface area (Å²) in [4.78, 5) is 20.7. The van der Waals surface area contributed by atoms with Crippen molar-refractivity contribution in [2.24, 2.45) is 0 Å². The fraction of sp³-hybridized carbons (Fsp3) is 0.333. The van der Waals surface area contributed by atoms with Crippen molar-refractivity contribution in [2.45, 2.75) is 37.9 Å². The quantitative estimate of drug-likeness (QED) is 0.568. The molecule has 0 saturated carbocycles. The number of hydrogen-bond donors (Lipinski definition) is 0. The number of thioether (sulfide) groups is 1. The highest BCUT2D eigenvalue weighted by molar-refractivity contribution is 7.99. The molecule has 1 unspecified atom stereocenters. The van der Waals surface area contributed by atoms with Crippen LogP contribution in [-0.4, -0.2) is 32.7 Å². The molecular formula is C21H23N3OS2. The Labute approximate surface area is 168 Å². The Balaban J connectivity index is 1.47. The van der Waals surface area contributed by atoms with Crippen molar-refractivity contribution in [1.82, 2.24) is 14.5 Å². The van der Waals surface area contributed by atoms with Crippen LogP contribution in [0.2, 0.25) is 0 Å². The first-order valence-corrected chi connectivity index (χ1v) is 11.1. The maximum absolute atomic E-state index is 12.9. The summed E-state index contributed by atoms with van der Waals surface area (Å²) >= 11 is 3.26. The zero-order chi connectivity index (χ0) is 18.8. The van der Waals surface area contributed by atoms with Crippen LogP contribution in [0, 0.1) is 13.8 Å². The fourth-order valence-corrected chi connectivity index (χ4v) is 5.34. The van der Waals surface area contributed by atoms with Gasteiger partial charge in [-0.05, 0) is 55.3 Å². The number of hydrogen-bond acceptors (Lipinski definition) is 4. The molecule has 2 aromatic heterocycles. The van der Waals surface area contributed by atoms with Gasteiger partial charge in [0.05, 0.1) is 17.5 Å². The van der Waals surface area contributed by atoms with E-state index in [1.54, 1.807) is 17.5 Å². The Hall–Kier alpha value is -2.05. The number of thiophene rings is 1. The third-order valence-corrected chi connectivity index (χ3v) is 6.93. The minimum absolute atomic E-state index is 0.200. The van der Waals surface area contributed by atoms with Crippen molar-refractivity contribution in [1.29, 1.82) is 0 Å². The number of amides is 1. The number of carbonyl (C=O) groups is 1. The highest BCUT2D eigenvalue weighted by Crippen LogP contribution is 2.35. The van der Waals surface area contributed by atoms with E-state index in [2.05, 4.69) is 59.1 Å². The van der Waals surface area contributed by atoms with Crippen molar-refractivity contribution in [2.75, 3.05) is 12.3 Å². The zero-order valence-electron chi connectivity index (χ0n) is 15.6. The Bertz CT molecular complexity index is 933.